The van der Waals surface area contributed by atoms with E-state index in [1.165, 1.54) is 48.9 Å². The molecule has 8 heteroatoms. The second kappa shape index (κ2) is 10.6. The molecule has 2 unspecified atom stereocenters. The fourth-order valence-corrected chi connectivity index (χ4v) is 5.26. The molecular weight excluding hydrogens is 426 g/mol. The zero-order valence-corrected chi connectivity index (χ0v) is 18.9. The molecule has 1 aliphatic heterocycles. The van der Waals surface area contributed by atoms with E-state index in [0.29, 0.717) is 16.8 Å². The van der Waals surface area contributed by atoms with Crippen LogP contribution in [0.3, 0.4) is 0 Å². The van der Waals surface area contributed by atoms with Gasteiger partial charge in [0.05, 0.1) is 4.70 Å². The molecule has 0 radical (unpaired) electrons. The van der Waals surface area contributed by atoms with E-state index in [2.05, 4.69) is 39.5 Å². The van der Waals surface area contributed by atoms with Crippen molar-refractivity contribution < 1.29 is 15.3 Å². The third-order valence-electron chi connectivity index (χ3n) is 6.07. The number of phenols is 1. The number of hydrogen-bond donors (Lipinski definition) is 5. The second-order valence-electron chi connectivity index (χ2n) is 8.50. The van der Waals surface area contributed by atoms with Gasteiger partial charge < -0.3 is 20.3 Å². The van der Waals surface area contributed by atoms with Gasteiger partial charge in [0, 0.05) is 18.7 Å². The first-order valence-corrected chi connectivity index (χ1v) is 12.1. The molecule has 0 aliphatic carbocycles. The zero-order valence-electron chi connectivity index (χ0n) is 18.1. The Bertz CT molecular complexity index is 1090. The van der Waals surface area contributed by atoms with E-state index in [1.807, 2.05) is 0 Å². The molecule has 1 aromatic heterocycles. The van der Waals surface area contributed by atoms with Crippen molar-refractivity contribution in [2.75, 3.05) is 19.6 Å². The van der Waals surface area contributed by atoms with Crippen LogP contribution in [0.2, 0.25) is 0 Å². The lowest BCUT2D eigenvalue weighted by Crippen LogP contribution is -2.36. The van der Waals surface area contributed by atoms with Crippen LogP contribution in [-0.4, -0.2) is 51.1 Å². The van der Waals surface area contributed by atoms with Gasteiger partial charge >= 0.3 is 4.87 Å². The highest BCUT2D eigenvalue weighted by Gasteiger charge is 2.22. The lowest BCUT2D eigenvalue weighted by Gasteiger charge is -2.21. The number of nitrogens with one attached hydrogen (secondary N) is 2. The summed E-state index contributed by atoms with van der Waals surface area (Å²) in [6.45, 7) is 3.79. The first kappa shape index (κ1) is 22.9. The van der Waals surface area contributed by atoms with E-state index in [-0.39, 0.29) is 16.1 Å². The molecule has 1 saturated heterocycles. The maximum Gasteiger partial charge on any atom is 0.305 e. The van der Waals surface area contributed by atoms with E-state index < -0.39 is 12.3 Å². The number of benzene rings is 2. The first-order valence-electron chi connectivity index (χ1n) is 11.3. The Morgan fingerprint density at radius 3 is 2.59 bits per heavy atom. The van der Waals surface area contributed by atoms with Gasteiger partial charge in [0.25, 0.3) is 0 Å². The Hall–Kier alpha value is -2.23. The minimum absolute atomic E-state index is 0.0585. The number of likely N-dealkylation sites (tertiary alicyclic amines) is 1. The lowest BCUT2D eigenvalue weighted by atomic mass is 10.1. The maximum atomic E-state index is 11.7. The van der Waals surface area contributed by atoms with Crippen molar-refractivity contribution in [3.8, 4) is 5.75 Å². The second-order valence-corrected chi connectivity index (χ2v) is 9.48. The van der Waals surface area contributed by atoms with Crippen LogP contribution in [0.25, 0.3) is 10.2 Å². The Balaban J connectivity index is 1.33. The summed E-state index contributed by atoms with van der Waals surface area (Å²) in [4.78, 5) is 16.4. The highest BCUT2D eigenvalue weighted by molar-refractivity contribution is 7.16. The van der Waals surface area contributed by atoms with E-state index in [4.69, 9.17) is 0 Å². The van der Waals surface area contributed by atoms with Crippen LogP contribution in [0.4, 0.5) is 0 Å². The first-order chi connectivity index (χ1) is 15.5. The minimum atomic E-state index is -1.22. The summed E-state index contributed by atoms with van der Waals surface area (Å²) in [5.41, 5.74) is 3.17. The highest BCUT2D eigenvalue weighted by Crippen LogP contribution is 2.32. The van der Waals surface area contributed by atoms with Gasteiger partial charge in [0.2, 0.25) is 0 Å². The van der Waals surface area contributed by atoms with Gasteiger partial charge in [-0.3, -0.25) is 15.0 Å². The Kier molecular flexibility index (Phi) is 7.59. The molecule has 1 fully saturated rings. The van der Waals surface area contributed by atoms with E-state index in [0.717, 1.165) is 37.4 Å². The van der Waals surface area contributed by atoms with Gasteiger partial charge in [-0.15, -0.1) is 0 Å². The zero-order chi connectivity index (χ0) is 22.5. The number of aromatic hydroxyl groups is 1. The molecule has 2 atom stereocenters. The summed E-state index contributed by atoms with van der Waals surface area (Å²) in [5.74, 6) is -0.0585. The van der Waals surface area contributed by atoms with Crippen molar-refractivity contribution in [3.05, 3.63) is 62.8 Å². The van der Waals surface area contributed by atoms with E-state index in [1.54, 1.807) is 0 Å². The summed E-state index contributed by atoms with van der Waals surface area (Å²) in [5, 5.41) is 34.0. The van der Waals surface area contributed by atoms with Crippen LogP contribution < -0.4 is 10.2 Å². The molecule has 0 spiro atoms. The summed E-state index contributed by atoms with van der Waals surface area (Å²) in [7, 11) is 0. The molecule has 2 heterocycles. The molecule has 7 nitrogen and oxygen atoms in total. The van der Waals surface area contributed by atoms with Gasteiger partial charge in [-0.1, -0.05) is 54.5 Å². The van der Waals surface area contributed by atoms with E-state index >= 15 is 0 Å². The van der Waals surface area contributed by atoms with Gasteiger partial charge in [-0.05, 0) is 49.5 Å². The Morgan fingerprint density at radius 2 is 1.81 bits per heavy atom. The fraction of sp³-hybridized carbons (Fsp3) is 0.458. The third kappa shape index (κ3) is 5.57. The third-order valence-corrected chi connectivity index (χ3v) is 7.00. The van der Waals surface area contributed by atoms with Gasteiger partial charge in [0.15, 0.2) is 0 Å². The molecule has 172 valence electrons. The molecule has 4 rings (SSSR count). The smallest absolute Gasteiger partial charge is 0.305 e. The van der Waals surface area contributed by atoms with Crippen molar-refractivity contribution in [3.63, 3.8) is 0 Å². The molecule has 32 heavy (non-hydrogen) atoms. The topological polar surface area (TPSA) is 109 Å². The van der Waals surface area contributed by atoms with Crippen molar-refractivity contribution in [2.24, 2.45) is 0 Å². The number of aromatic nitrogens is 1. The number of hydrogen-bond acceptors (Lipinski definition) is 7. The number of rotatable bonds is 8. The molecule has 0 amide bonds. The Labute approximate surface area is 191 Å². The number of thiazole rings is 1. The van der Waals surface area contributed by atoms with Crippen LogP contribution >= 0.6 is 11.3 Å². The molecule has 3 aromatic rings. The quantitative estimate of drug-likeness (QED) is 0.333. The van der Waals surface area contributed by atoms with Crippen LogP contribution in [-0.2, 0) is 13.0 Å². The molecule has 2 aromatic carbocycles. The predicted molar refractivity (Wildman–Crippen MR) is 127 cm³/mol. The highest BCUT2D eigenvalue weighted by atomic mass is 32.1. The van der Waals surface area contributed by atoms with E-state index in [9.17, 15) is 20.1 Å². The van der Waals surface area contributed by atoms with Crippen LogP contribution in [0.5, 0.6) is 5.75 Å². The summed E-state index contributed by atoms with van der Waals surface area (Å²) >= 11 is 0.902. The van der Waals surface area contributed by atoms with Crippen LogP contribution in [0, 0.1) is 0 Å². The van der Waals surface area contributed by atoms with Gasteiger partial charge in [0.1, 0.15) is 23.6 Å². The van der Waals surface area contributed by atoms with Crippen molar-refractivity contribution in [2.45, 2.75) is 51.0 Å². The van der Waals surface area contributed by atoms with Crippen LogP contribution in [0.15, 0.2) is 41.2 Å². The summed E-state index contributed by atoms with van der Waals surface area (Å²) in [6.07, 6.45) is 3.51. The average Bonchev–Trinajstić information content (AvgIpc) is 3.00. The fourth-order valence-electron chi connectivity index (χ4n) is 4.35. The molecule has 1 aliphatic rings. The maximum absolute atomic E-state index is 11.7. The Morgan fingerprint density at radius 1 is 1.06 bits per heavy atom. The minimum Gasteiger partial charge on any atom is -0.506 e. The summed E-state index contributed by atoms with van der Waals surface area (Å²) < 4.78 is 0.449. The van der Waals surface area contributed by atoms with Crippen molar-refractivity contribution in [1.82, 2.24) is 15.2 Å². The number of nitrogens with zero attached hydrogens (tertiary/aromatic N) is 1. The molecular formula is C24H31N3O4S. The average molecular weight is 458 g/mol. The van der Waals surface area contributed by atoms with Crippen molar-refractivity contribution in [1.29, 1.82) is 0 Å². The molecule has 0 saturated carbocycles. The number of aliphatic hydroxyl groups is 2. The molecule has 5 N–H and O–H groups in total. The van der Waals surface area contributed by atoms with Gasteiger partial charge in [-0.2, -0.15) is 0 Å². The van der Waals surface area contributed by atoms with Gasteiger partial charge in [-0.25, -0.2) is 0 Å². The number of H-pyrrole nitrogens is 1. The SMILES string of the molecule is O=c1[nH]c2c(O)ccc(C(O)C(O)NCCc3cccc(CN4CCCCCC4)c3)c2s1. The number of aliphatic hydroxyl groups excluding tert-OH is 2. The predicted octanol–water partition coefficient (Wildman–Crippen LogP) is 2.86. The monoisotopic (exact) mass is 457 g/mol. The number of fused-ring (bicyclic) bond motifs is 1. The largest absolute Gasteiger partial charge is 0.506 e. The lowest BCUT2D eigenvalue weighted by molar-refractivity contribution is -0.00168. The standard InChI is InChI=1S/C24H31N3O4S/c28-19-9-8-18(22-20(19)26-24(31)32-22)21(29)23(30)25-11-10-16-6-5-7-17(14-16)15-27-12-3-1-2-4-13-27/h5-9,14,21,23,25,28-30H,1-4,10-13,15H2,(H,26,31). The molecule has 0 bridgehead atoms. The van der Waals surface area contributed by atoms with Crippen LogP contribution in [0.1, 0.15) is 48.5 Å². The van der Waals surface area contributed by atoms with Crippen molar-refractivity contribution >= 4 is 21.6 Å². The normalized spacial score (nSPS) is 17.3. The summed E-state index contributed by atoms with van der Waals surface area (Å²) in [6, 6.07) is 11.5. The number of phenolic OH excluding ortho intramolecular Hbond substituents is 1. The number of aromatic amines is 1.